The molecule has 0 aliphatic rings. The predicted octanol–water partition coefficient (Wildman–Crippen LogP) is 1.63. The number of rotatable bonds is 5. The lowest BCUT2D eigenvalue weighted by molar-refractivity contribution is 0.0963. The van der Waals surface area contributed by atoms with E-state index in [1.165, 1.54) is 6.20 Å². The molecule has 0 saturated heterocycles. The molecule has 2 aromatic rings. The zero-order valence-electron chi connectivity index (χ0n) is 11.0. The molecule has 9 heteroatoms. The van der Waals surface area contributed by atoms with Gasteiger partial charge in [0.05, 0.1) is 6.20 Å². The topological polar surface area (TPSA) is 88.2 Å². The van der Waals surface area contributed by atoms with Gasteiger partial charge in [0.15, 0.2) is 8.68 Å². The van der Waals surface area contributed by atoms with Crippen LogP contribution in [0.15, 0.2) is 34.7 Å². The molecule has 2 N–H and O–H groups in total. The number of nitrogens with one attached hydrogen (secondary N) is 2. The average Bonchev–Trinajstić information content (AvgIpc) is 2.92. The molecule has 2 rings (SSSR count). The van der Waals surface area contributed by atoms with Crippen molar-refractivity contribution in [3.8, 4) is 0 Å². The Kier molecular flexibility index (Phi) is 4.94. The van der Waals surface area contributed by atoms with Gasteiger partial charge in [0.2, 0.25) is 0 Å². The Hall–Kier alpha value is -1.48. The summed E-state index contributed by atoms with van der Waals surface area (Å²) in [4.78, 5) is 15.1. The third kappa shape index (κ3) is 4.01. The number of hydrogen-bond acceptors (Lipinski definition) is 5. The number of hydrogen-bond donors (Lipinski definition) is 2. The fraction of sp³-hybridized carbons (Fsp3) is 0.167. The van der Waals surface area contributed by atoms with Crippen molar-refractivity contribution >= 4 is 38.9 Å². The molecule has 21 heavy (non-hydrogen) atoms. The molecule has 1 aromatic heterocycles. The van der Waals surface area contributed by atoms with Gasteiger partial charge < -0.3 is 5.32 Å². The highest BCUT2D eigenvalue weighted by atomic mass is 35.5. The van der Waals surface area contributed by atoms with Crippen molar-refractivity contribution in [1.82, 2.24) is 15.0 Å². The van der Waals surface area contributed by atoms with Gasteiger partial charge in [-0.15, -0.1) is 0 Å². The summed E-state index contributed by atoms with van der Waals surface area (Å²) in [5, 5.41) is 2.51. The highest BCUT2D eigenvalue weighted by molar-refractivity contribution is 7.91. The minimum absolute atomic E-state index is 0.0643. The second-order valence-electron chi connectivity index (χ2n) is 4.03. The number of nitrogens with zero attached hydrogens (tertiary/aromatic N) is 1. The Bertz CT molecular complexity index is 741. The van der Waals surface area contributed by atoms with Crippen molar-refractivity contribution in [1.29, 1.82) is 0 Å². The highest BCUT2D eigenvalue weighted by Crippen LogP contribution is 2.22. The number of amides is 1. The maximum atomic E-state index is 12.0. The normalized spacial score (nSPS) is 11.3. The summed E-state index contributed by atoms with van der Waals surface area (Å²) < 4.78 is 26.6. The molecule has 0 fully saturated rings. The predicted molar refractivity (Wildman–Crippen MR) is 81.0 cm³/mol. The van der Waals surface area contributed by atoms with E-state index in [1.807, 2.05) is 0 Å². The summed E-state index contributed by atoms with van der Waals surface area (Å²) in [6, 6.07) is 6.64. The van der Waals surface area contributed by atoms with Crippen molar-refractivity contribution in [2.45, 2.75) is 10.8 Å². The maximum Gasteiger partial charge on any atom is 0.252 e. The highest BCUT2D eigenvalue weighted by Gasteiger charge is 2.17. The number of aromatic nitrogens is 1. The van der Waals surface area contributed by atoms with E-state index in [9.17, 15) is 13.2 Å². The quantitative estimate of drug-likeness (QED) is 0.862. The van der Waals surface area contributed by atoms with Gasteiger partial charge in [-0.25, -0.2) is 18.1 Å². The fourth-order valence-corrected chi connectivity index (χ4v) is 3.89. The first-order valence-corrected chi connectivity index (χ1v) is 8.52. The van der Waals surface area contributed by atoms with Gasteiger partial charge in [-0.2, -0.15) is 0 Å². The number of thiazole rings is 1. The standard InChI is InChI=1S/C12H12ClN3O3S2/c1-14-11(17)9-4-2-8(3-5-9)6-16-21(18,19)10-7-15-12(13)20-10/h2-5,7,16H,6H2,1H3,(H,14,17). The molecule has 0 spiro atoms. The first-order chi connectivity index (χ1) is 9.92. The van der Waals surface area contributed by atoms with Crippen molar-refractivity contribution in [3.63, 3.8) is 0 Å². The van der Waals surface area contributed by atoms with Gasteiger partial charge in [-0.3, -0.25) is 4.79 Å². The lowest BCUT2D eigenvalue weighted by Gasteiger charge is -2.05. The Balaban J connectivity index is 2.04. The summed E-state index contributed by atoms with van der Waals surface area (Å²) >= 11 is 6.51. The van der Waals surface area contributed by atoms with Crippen LogP contribution in [0.25, 0.3) is 0 Å². The number of halogens is 1. The molecular formula is C12H12ClN3O3S2. The molecule has 0 unspecified atom stereocenters. The largest absolute Gasteiger partial charge is 0.355 e. The van der Waals surface area contributed by atoms with Gasteiger partial charge in [0.25, 0.3) is 15.9 Å². The minimum Gasteiger partial charge on any atom is -0.355 e. The number of carbonyl (C=O) groups excluding carboxylic acids is 1. The van der Waals surface area contributed by atoms with Crippen molar-refractivity contribution in [3.05, 3.63) is 46.1 Å². The fourth-order valence-electron chi connectivity index (χ4n) is 1.53. The van der Waals surface area contributed by atoms with Crippen LogP contribution < -0.4 is 10.0 Å². The smallest absolute Gasteiger partial charge is 0.252 e. The van der Waals surface area contributed by atoms with E-state index in [0.29, 0.717) is 5.56 Å². The van der Waals surface area contributed by atoms with Gasteiger partial charge in [0, 0.05) is 19.2 Å². The van der Waals surface area contributed by atoms with E-state index in [1.54, 1.807) is 31.3 Å². The van der Waals surface area contributed by atoms with E-state index in [2.05, 4.69) is 15.0 Å². The van der Waals surface area contributed by atoms with E-state index in [-0.39, 0.29) is 21.1 Å². The lowest BCUT2D eigenvalue weighted by atomic mass is 10.1. The summed E-state index contributed by atoms with van der Waals surface area (Å²) in [7, 11) is -2.08. The zero-order valence-corrected chi connectivity index (χ0v) is 13.3. The second kappa shape index (κ2) is 6.52. The minimum atomic E-state index is -3.63. The van der Waals surface area contributed by atoms with Crippen LogP contribution in [-0.4, -0.2) is 26.4 Å². The number of carbonyl (C=O) groups is 1. The van der Waals surface area contributed by atoms with Crippen molar-refractivity contribution in [2.24, 2.45) is 0 Å². The first-order valence-electron chi connectivity index (χ1n) is 5.84. The van der Waals surface area contributed by atoms with Crippen LogP contribution in [0.5, 0.6) is 0 Å². The lowest BCUT2D eigenvalue weighted by Crippen LogP contribution is -2.22. The van der Waals surface area contributed by atoms with Crippen molar-refractivity contribution in [2.75, 3.05) is 7.05 Å². The summed E-state index contributed by atoms with van der Waals surface area (Å²) in [5.74, 6) is -0.193. The van der Waals surface area contributed by atoms with Crippen molar-refractivity contribution < 1.29 is 13.2 Å². The Labute approximate surface area is 131 Å². The van der Waals surface area contributed by atoms with E-state index >= 15 is 0 Å². The van der Waals surface area contributed by atoms with Gasteiger partial charge >= 0.3 is 0 Å². The van der Waals surface area contributed by atoms with E-state index in [0.717, 1.165) is 16.9 Å². The van der Waals surface area contributed by atoms with Gasteiger partial charge in [-0.1, -0.05) is 35.1 Å². The molecular weight excluding hydrogens is 334 g/mol. The van der Waals surface area contributed by atoms with Crippen LogP contribution >= 0.6 is 22.9 Å². The first kappa shape index (κ1) is 15.9. The maximum absolute atomic E-state index is 12.0. The molecule has 0 atom stereocenters. The molecule has 0 aliphatic carbocycles. The van der Waals surface area contributed by atoms with E-state index < -0.39 is 10.0 Å². The molecule has 0 bridgehead atoms. The molecule has 0 saturated carbocycles. The second-order valence-corrected chi connectivity index (χ2v) is 7.64. The molecule has 112 valence electrons. The molecule has 6 nitrogen and oxygen atoms in total. The van der Waals surface area contributed by atoms with Crippen LogP contribution in [0.4, 0.5) is 0 Å². The Morgan fingerprint density at radius 2 is 2.00 bits per heavy atom. The van der Waals surface area contributed by atoms with Gasteiger partial charge in [0.1, 0.15) is 0 Å². The molecule has 0 aliphatic heterocycles. The summed E-state index contributed by atoms with van der Waals surface area (Å²) in [6.07, 6.45) is 1.21. The molecule has 1 amide bonds. The molecule has 0 radical (unpaired) electrons. The molecule has 1 aromatic carbocycles. The number of benzene rings is 1. The monoisotopic (exact) mass is 345 g/mol. The molecule has 1 heterocycles. The summed E-state index contributed by atoms with van der Waals surface area (Å²) in [5.41, 5.74) is 1.25. The Morgan fingerprint density at radius 1 is 1.33 bits per heavy atom. The van der Waals surface area contributed by atoms with Crippen LogP contribution in [-0.2, 0) is 16.6 Å². The third-order valence-electron chi connectivity index (χ3n) is 2.63. The van der Waals surface area contributed by atoms with Crippen LogP contribution in [0.3, 0.4) is 0 Å². The zero-order chi connectivity index (χ0) is 15.5. The van der Waals surface area contributed by atoms with Crippen LogP contribution in [0, 0.1) is 0 Å². The number of sulfonamides is 1. The SMILES string of the molecule is CNC(=O)c1ccc(CNS(=O)(=O)c2cnc(Cl)s2)cc1. The van der Waals surface area contributed by atoms with Crippen LogP contribution in [0.1, 0.15) is 15.9 Å². The average molecular weight is 346 g/mol. The van der Waals surface area contributed by atoms with Crippen LogP contribution in [0.2, 0.25) is 4.47 Å². The summed E-state index contributed by atoms with van der Waals surface area (Å²) in [6.45, 7) is 0.117. The Morgan fingerprint density at radius 3 is 2.52 bits per heavy atom. The van der Waals surface area contributed by atoms with E-state index in [4.69, 9.17) is 11.6 Å². The van der Waals surface area contributed by atoms with Gasteiger partial charge in [-0.05, 0) is 17.7 Å². The third-order valence-corrected chi connectivity index (χ3v) is 5.61.